The van der Waals surface area contributed by atoms with Crippen molar-refractivity contribution < 1.29 is 9.90 Å². The Balaban J connectivity index is 1.96. The largest absolute Gasteiger partial charge is 0.396 e. The molecule has 2 rings (SSSR count). The van der Waals surface area contributed by atoms with Gasteiger partial charge in [0.25, 0.3) is 0 Å². The number of aliphatic hydroxyl groups excluding tert-OH is 1. The minimum Gasteiger partial charge on any atom is -0.396 e. The molecule has 1 saturated carbocycles. The zero-order chi connectivity index (χ0) is 15.2. The number of rotatable bonds is 7. The zero-order valence-corrected chi connectivity index (χ0v) is 13.7. The molecule has 1 aliphatic rings. The van der Waals surface area contributed by atoms with Gasteiger partial charge in [0, 0.05) is 29.8 Å². The van der Waals surface area contributed by atoms with Crippen LogP contribution in [0.15, 0.2) is 23.1 Å². The van der Waals surface area contributed by atoms with Crippen LogP contribution in [-0.4, -0.2) is 41.5 Å². The van der Waals surface area contributed by atoms with E-state index in [2.05, 4.69) is 5.32 Å². The molecule has 0 heterocycles. The van der Waals surface area contributed by atoms with Crippen molar-refractivity contribution in [1.29, 1.82) is 0 Å². The van der Waals surface area contributed by atoms with Gasteiger partial charge in [-0.2, -0.15) is 0 Å². The molecule has 2 N–H and O–H groups in total. The molecule has 116 valence electrons. The van der Waals surface area contributed by atoms with Crippen LogP contribution in [0.1, 0.15) is 25.7 Å². The molecule has 0 saturated heterocycles. The Morgan fingerprint density at radius 1 is 1.48 bits per heavy atom. The smallest absolute Gasteiger partial charge is 0.322 e. The van der Waals surface area contributed by atoms with Gasteiger partial charge in [0.15, 0.2) is 0 Å². The van der Waals surface area contributed by atoms with Gasteiger partial charge >= 0.3 is 6.03 Å². The molecule has 0 spiro atoms. The third-order valence-corrected chi connectivity index (χ3v) is 4.68. The topological polar surface area (TPSA) is 52.6 Å². The van der Waals surface area contributed by atoms with Crippen LogP contribution in [0.25, 0.3) is 0 Å². The van der Waals surface area contributed by atoms with Crippen molar-refractivity contribution >= 4 is 35.1 Å². The van der Waals surface area contributed by atoms with E-state index in [1.165, 1.54) is 0 Å². The van der Waals surface area contributed by atoms with E-state index < -0.39 is 0 Å². The van der Waals surface area contributed by atoms with E-state index >= 15 is 0 Å². The van der Waals surface area contributed by atoms with E-state index in [1.54, 1.807) is 17.8 Å². The fraction of sp³-hybridized carbons (Fsp3) is 0.533. The number of carbonyl (C=O) groups excluding carboxylic acids is 1. The number of halogens is 1. The second-order valence-corrected chi connectivity index (χ2v) is 6.39. The highest BCUT2D eigenvalue weighted by Gasteiger charge is 2.32. The Labute approximate surface area is 134 Å². The third kappa shape index (κ3) is 4.80. The summed E-state index contributed by atoms with van der Waals surface area (Å²) < 4.78 is 0. The molecule has 0 atom stereocenters. The number of hydrogen-bond donors (Lipinski definition) is 2. The molecular weight excluding hydrogens is 308 g/mol. The van der Waals surface area contributed by atoms with Crippen molar-refractivity contribution in [3.63, 3.8) is 0 Å². The Hall–Kier alpha value is -0.910. The number of benzene rings is 1. The molecule has 2 amide bonds. The molecule has 1 fully saturated rings. The third-order valence-electron chi connectivity index (χ3n) is 3.46. The second kappa shape index (κ2) is 7.92. The molecule has 0 unspecified atom stereocenters. The fourth-order valence-corrected chi connectivity index (χ4v) is 3.04. The van der Waals surface area contributed by atoms with Crippen LogP contribution >= 0.6 is 23.4 Å². The highest BCUT2D eigenvalue weighted by atomic mass is 35.5. The summed E-state index contributed by atoms with van der Waals surface area (Å²) in [6, 6.07) is 5.84. The number of thioether (sulfide) groups is 1. The molecule has 1 aromatic rings. The normalized spacial score (nSPS) is 14.0. The van der Waals surface area contributed by atoms with E-state index in [0.29, 0.717) is 17.6 Å². The van der Waals surface area contributed by atoms with Crippen LogP contribution in [0.3, 0.4) is 0 Å². The average Bonchev–Trinajstić information content (AvgIpc) is 3.28. The predicted octanol–water partition coefficient (Wildman–Crippen LogP) is 3.83. The second-order valence-electron chi connectivity index (χ2n) is 5.13. The summed E-state index contributed by atoms with van der Waals surface area (Å²) in [6.07, 6.45) is 5.66. The lowest BCUT2D eigenvalue weighted by Crippen LogP contribution is -2.37. The molecule has 0 aromatic heterocycles. The highest BCUT2D eigenvalue weighted by Crippen LogP contribution is 2.30. The number of carbonyl (C=O) groups is 1. The summed E-state index contributed by atoms with van der Waals surface area (Å²) in [6.45, 7) is 0.861. The highest BCUT2D eigenvalue weighted by molar-refractivity contribution is 7.98. The van der Waals surface area contributed by atoms with Gasteiger partial charge in [-0.25, -0.2) is 4.79 Å². The number of unbranched alkanes of at least 4 members (excludes halogenated alkanes) is 1. The first kappa shape index (κ1) is 16.5. The van der Waals surface area contributed by atoms with Crippen LogP contribution in [0.2, 0.25) is 5.02 Å². The minimum absolute atomic E-state index is 0.0802. The van der Waals surface area contributed by atoms with Gasteiger partial charge < -0.3 is 15.3 Å². The van der Waals surface area contributed by atoms with Gasteiger partial charge in [-0.3, -0.25) is 0 Å². The first-order valence-electron chi connectivity index (χ1n) is 7.17. The van der Waals surface area contributed by atoms with Gasteiger partial charge in [-0.05, 0) is 50.1 Å². The molecule has 21 heavy (non-hydrogen) atoms. The van der Waals surface area contributed by atoms with Crippen LogP contribution in [0.5, 0.6) is 0 Å². The van der Waals surface area contributed by atoms with Crippen molar-refractivity contribution in [2.24, 2.45) is 0 Å². The van der Waals surface area contributed by atoms with Crippen LogP contribution < -0.4 is 5.32 Å². The van der Waals surface area contributed by atoms with E-state index in [-0.39, 0.29) is 12.6 Å². The molecule has 4 nitrogen and oxygen atoms in total. The monoisotopic (exact) mass is 328 g/mol. The summed E-state index contributed by atoms with van der Waals surface area (Å²) in [7, 11) is 0. The van der Waals surface area contributed by atoms with Crippen molar-refractivity contribution in [1.82, 2.24) is 4.90 Å². The van der Waals surface area contributed by atoms with Crippen LogP contribution in [0.4, 0.5) is 10.5 Å². The lowest BCUT2D eigenvalue weighted by atomic mass is 10.3. The molecule has 0 radical (unpaired) electrons. The van der Waals surface area contributed by atoms with Gasteiger partial charge in [-0.15, -0.1) is 11.8 Å². The summed E-state index contributed by atoms with van der Waals surface area (Å²) in [5.41, 5.74) is 0.718. The van der Waals surface area contributed by atoms with Crippen molar-refractivity contribution in [2.75, 3.05) is 24.7 Å². The van der Waals surface area contributed by atoms with Gasteiger partial charge in [-0.1, -0.05) is 11.6 Å². The SMILES string of the molecule is CSc1ccc(NC(=O)N(CCCCO)C2CC2)cc1Cl. The average molecular weight is 329 g/mol. The molecule has 0 aliphatic heterocycles. The molecule has 1 aliphatic carbocycles. The molecule has 6 heteroatoms. The predicted molar refractivity (Wildman–Crippen MR) is 88.3 cm³/mol. The van der Waals surface area contributed by atoms with Gasteiger partial charge in [0.1, 0.15) is 0 Å². The van der Waals surface area contributed by atoms with E-state index in [9.17, 15) is 4.79 Å². The number of amides is 2. The number of nitrogens with zero attached hydrogens (tertiary/aromatic N) is 1. The van der Waals surface area contributed by atoms with E-state index in [4.69, 9.17) is 16.7 Å². The van der Waals surface area contributed by atoms with E-state index in [0.717, 1.165) is 36.3 Å². The quantitative estimate of drug-likeness (QED) is 0.591. The fourth-order valence-electron chi connectivity index (χ4n) is 2.17. The minimum atomic E-state index is -0.0802. The maximum atomic E-state index is 12.4. The number of aliphatic hydroxyl groups is 1. The Morgan fingerprint density at radius 2 is 2.24 bits per heavy atom. The van der Waals surface area contributed by atoms with Crippen molar-refractivity contribution in [3.05, 3.63) is 23.2 Å². The van der Waals surface area contributed by atoms with Gasteiger partial charge in [0.2, 0.25) is 0 Å². The number of urea groups is 1. The maximum Gasteiger partial charge on any atom is 0.322 e. The van der Waals surface area contributed by atoms with E-state index in [1.807, 2.05) is 23.3 Å². The number of nitrogens with one attached hydrogen (secondary N) is 1. The Kier molecular flexibility index (Phi) is 6.21. The number of anilines is 1. The lowest BCUT2D eigenvalue weighted by molar-refractivity contribution is 0.204. The first-order chi connectivity index (χ1) is 10.2. The van der Waals surface area contributed by atoms with Crippen molar-refractivity contribution in [3.8, 4) is 0 Å². The van der Waals surface area contributed by atoms with Crippen LogP contribution in [0, 0.1) is 0 Å². The molecule has 1 aromatic carbocycles. The lowest BCUT2D eigenvalue weighted by Gasteiger charge is -2.23. The molecular formula is C15H21ClN2O2S. The Morgan fingerprint density at radius 3 is 2.81 bits per heavy atom. The van der Waals surface area contributed by atoms with Gasteiger partial charge in [0.05, 0.1) is 5.02 Å². The number of hydrogen-bond acceptors (Lipinski definition) is 3. The zero-order valence-electron chi connectivity index (χ0n) is 12.1. The molecule has 0 bridgehead atoms. The maximum absolute atomic E-state index is 12.4. The summed E-state index contributed by atoms with van der Waals surface area (Å²) >= 11 is 7.74. The van der Waals surface area contributed by atoms with Crippen molar-refractivity contribution in [2.45, 2.75) is 36.6 Å². The van der Waals surface area contributed by atoms with Crippen LogP contribution in [-0.2, 0) is 0 Å². The summed E-state index contributed by atoms with van der Waals surface area (Å²) in [5.74, 6) is 0. The summed E-state index contributed by atoms with van der Waals surface area (Å²) in [5, 5.41) is 12.4. The first-order valence-corrected chi connectivity index (χ1v) is 8.78. The summed E-state index contributed by atoms with van der Waals surface area (Å²) in [4.78, 5) is 15.2. The standard InChI is InChI=1S/C15H21ClN2O2S/c1-21-14-7-4-11(10-13(14)16)17-15(20)18(12-5-6-12)8-2-3-9-19/h4,7,10,12,19H,2-3,5-6,8-9H2,1H3,(H,17,20). The Bertz CT molecular complexity index is 495.